The number of rotatable bonds is 4. The number of halogens is 1. The quantitative estimate of drug-likeness (QED) is 0.331. The number of aliphatic hydroxyl groups excluding tert-OH is 1. The predicted molar refractivity (Wildman–Crippen MR) is 121 cm³/mol. The number of carbonyl (C=O) groups is 2. The van der Waals surface area contributed by atoms with Crippen LogP contribution in [-0.4, -0.2) is 28.9 Å². The molecule has 1 atom stereocenters. The lowest BCUT2D eigenvalue weighted by Gasteiger charge is -2.26. The molecule has 1 amide bonds. The van der Waals surface area contributed by atoms with Crippen LogP contribution in [0.5, 0.6) is 5.75 Å². The van der Waals surface area contributed by atoms with Gasteiger partial charge in [0.05, 0.1) is 22.8 Å². The van der Waals surface area contributed by atoms with E-state index in [1.807, 2.05) is 19.1 Å². The van der Waals surface area contributed by atoms with Crippen LogP contribution in [0, 0.1) is 6.92 Å². The number of amides is 1. The number of benzene rings is 2. The highest BCUT2D eigenvalue weighted by Gasteiger charge is 2.47. The number of hydrogen-bond acceptors (Lipinski definition) is 5. The number of methoxy groups -OCH3 is 1. The molecule has 1 aliphatic rings. The lowest BCUT2D eigenvalue weighted by molar-refractivity contribution is -0.132. The third kappa shape index (κ3) is 3.61. The number of para-hydroxylation sites is 1. The molecule has 156 valence electrons. The molecule has 1 aromatic heterocycles. The third-order valence-electron chi connectivity index (χ3n) is 5.21. The Balaban J connectivity index is 1.95. The van der Waals surface area contributed by atoms with Crippen molar-refractivity contribution in [3.63, 3.8) is 0 Å². The maximum Gasteiger partial charge on any atom is 0.300 e. The van der Waals surface area contributed by atoms with Crippen LogP contribution in [0.1, 0.15) is 22.9 Å². The highest BCUT2D eigenvalue weighted by atomic mass is 79.9. The van der Waals surface area contributed by atoms with Gasteiger partial charge in [-0.05, 0) is 64.8 Å². The highest BCUT2D eigenvalue weighted by Crippen LogP contribution is 2.42. The van der Waals surface area contributed by atoms with Crippen LogP contribution in [0.2, 0.25) is 0 Å². The minimum atomic E-state index is -0.858. The average molecular weight is 479 g/mol. The van der Waals surface area contributed by atoms with Gasteiger partial charge in [-0.3, -0.25) is 19.5 Å². The first-order valence-electron chi connectivity index (χ1n) is 9.55. The van der Waals surface area contributed by atoms with Crippen LogP contribution in [0.4, 0.5) is 5.69 Å². The van der Waals surface area contributed by atoms with Gasteiger partial charge in [0, 0.05) is 17.4 Å². The zero-order chi connectivity index (χ0) is 22.1. The standard InChI is InChI=1S/C24H19BrN2O4/c1-14-7-3-4-9-18(14)27-21(17-8-5-6-12-26-17)20(23(29)24(27)30)22(28)15-10-11-19(31-2)16(25)13-15/h3-13,21,28H,1-2H3/b22-20-. The van der Waals surface area contributed by atoms with Crippen molar-refractivity contribution in [2.24, 2.45) is 0 Å². The summed E-state index contributed by atoms with van der Waals surface area (Å²) >= 11 is 3.40. The van der Waals surface area contributed by atoms with Crippen molar-refractivity contribution >= 4 is 39.1 Å². The lowest BCUT2D eigenvalue weighted by Crippen LogP contribution is -2.30. The maximum absolute atomic E-state index is 13.1. The molecule has 1 aliphatic heterocycles. The second-order valence-corrected chi connectivity index (χ2v) is 7.91. The smallest absolute Gasteiger partial charge is 0.300 e. The van der Waals surface area contributed by atoms with E-state index in [9.17, 15) is 14.7 Å². The molecule has 7 heteroatoms. The van der Waals surface area contributed by atoms with Crippen LogP contribution in [0.3, 0.4) is 0 Å². The van der Waals surface area contributed by atoms with Crippen molar-refractivity contribution in [1.82, 2.24) is 4.98 Å². The molecule has 1 N–H and O–H groups in total. The van der Waals surface area contributed by atoms with E-state index in [1.54, 1.807) is 54.7 Å². The summed E-state index contributed by atoms with van der Waals surface area (Å²) in [6.07, 6.45) is 1.59. The summed E-state index contributed by atoms with van der Waals surface area (Å²) in [5, 5.41) is 11.2. The van der Waals surface area contributed by atoms with Crippen molar-refractivity contribution in [3.8, 4) is 5.75 Å². The van der Waals surface area contributed by atoms with E-state index in [1.165, 1.54) is 12.0 Å². The number of aromatic nitrogens is 1. The van der Waals surface area contributed by atoms with Gasteiger partial charge in [-0.25, -0.2) is 0 Å². The van der Waals surface area contributed by atoms with Crippen molar-refractivity contribution in [2.75, 3.05) is 12.0 Å². The number of ketones is 1. The number of ether oxygens (including phenoxy) is 1. The molecule has 31 heavy (non-hydrogen) atoms. The lowest BCUT2D eigenvalue weighted by atomic mass is 9.98. The van der Waals surface area contributed by atoms with E-state index in [-0.39, 0.29) is 11.3 Å². The molecule has 2 aromatic carbocycles. The molecular weight excluding hydrogens is 460 g/mol. The highest BCUT2D eigenvalue weighted by molar-refractivity contribution is 9.10. The van der Waals surface area contributed by atoms with Crippen molar-refractivity contribution in [1.29, 1.82) is 0 Å². The predicted octanol–water partition coefficient (Wildman–Crippen LogP) is 4.79. The Bertz CT molecular complexity index is 1210. The van der Waals surface area contributed by atoms with Crippen molar-refractivity contribution in [2.45, 2.75) is 13.0 Å². The SMILES string of the molecule is COc1ccc(/C(O)=C2/C(=O)C(=O)N(c3ccccc3C)C2c2ccccn2)cc1Br. The fourth-order valence-electron chi connectivity index (χ4n) is 3.70. The first kappa shape index (κ1) is 20.8. The minimum absolute atomic E-state index is 0.0102. The van der Waals surface area contributed by atoms with E-state index in [0.29, 0.717) is 27.2 Å². The summed E-state index contributed by atoms with van der Waals surface area (Å²) in [6.45, 7) is 1.87. The molecule has 0 radical (unpaired) electrons. The first-order valence-corrected chi connectivity index (χ1v) is 10.3. The molecule has 0 spiro atoms. The molecule has 1 unspecified atom stereocenters. The number of carbonyl (C=O) groups excluding carboxylic acids is 2. The number of aryl methyl sites for hydroxylation is 1. The molecule has 3 aromatic rings. The summed E-state index contributed by atoms with van der Waals surface area (Å²) in [5.74, 6) is -1.16. The number of Topliss-reactive ketones (excluding diaryl/α,β-unsaturated/α-hetero) is 1. The van der Waals surface area contributed by atoms with Crippen LogP contribution in [0.15, 0.2) is 76.9 Å². The summed E-state index contributed by atoms with van der Waals surface area (Å²) in [5.41, 5.74) is 2.28. The fraction of sp³-hybridized carbons (Fsp3) is 0.125. The van der Waals surface area contributed by atoms with E-state index < -0.39 is 17.7 Å². The number of hydrogen-bond donors (Lipinski definition) is 1. The topological polar surface area (TPSA) is 79.7 Å². The van der Waals surface area contributed by atoms with Gasteiger partial charge >= 0.3 is 0 Å². The Labute approximate surface area is 187 Å². The molecular formula is C24H19BrN2O4. The summed E-state index contributed by atoms with van der Waals surface area (Å²) in [7, 11) is 1.54. The summed E-state index contributed by atoms with van der Waals surface area (Å²) < 4.78 is 5.85. The number of aliphatic hydroxyl groups is 1. The third-order valence-corrected chi connectivity index (χ3v) is 5.83. The first-order chi connectivity index (χ1) is 14.9. The molecule has 0 saturated carbocycles. The average Bonchev–Trinajstić information content (AvgIpc) is 3.04. The zero-order valence-corrected chi connectivity index (χ0v) is 18.5. The Morgan fingerprint density at radius 3 is 2.48 bits per heavy atom. The van der Waals surface area contributed by atoms with Crippen LogP contribution >= 0.6 is 15.9 Å². The van der Waals surface area contributed by atoms with E-state index in [0.717, 1.165) is 5.56 Å². The molecule has 1 saturated heterocycles. The van der Waals surface area contributed by atoms with Gasteiger partial charge in [-0.15, -0.1) is 0 Å². The van der Waals surface area contributed by atoms with Crippen LogP contribution in [-0.2, 0) is 9.59 Å². The molecule has 4 rings (SSSR count). The van der Waals surface area contributed by atoms with E-state index in [2.05, 4.69) is 20.9 Å². The molecule has 6 nitrogen and oxygen atoms in total. The molecule has 0 bridgehead atoms. The van der Waals surface area contributed by atoms with Gasteiger partial charge in [-0.1, -0.05) is 24.3 Å². The maximum atomic E-state index is 13.1. The largest absolute Gasteiger partial charge is 0.507 e. The molecule has 0 aliphatic carbocycles. The van der Waals surface area contributed by atoms with Crippen molar-refractivity contribution < 1.29 is 19.4 Å². The van der Waals surface area contributed by atoms with Gasteiger partial charge in [-0.2, -0.15) is 0 Å². The second-order valence-electron chi connectivity index (χ2n) is 7.06. The Kier molecular flexibility index (Phi) is 5.61. The van der Waals surface area contributed by atoms with E-state index in [4.69, 9.17) is 4.74 Å². The Morgan fingerprint density at radius 2 is 1.84 bits per heavy atom. The fourth-order valence-corrected chi connectivity index (χ4v) is 4.24. The van der Waals surface area contributed by atoms with Gasteiger partial charge < -0.3 is 9.84 Å². The normalized spacial score (nSPS) is 17.8. The van der Waals surface area contributed by atoms with Gasteiger partial charge in [0.25, 0.3) is 11.7 Å². The molecule has 1 fully saturated rings. The van der Waals surface area contributed by atoms with Crippen LogP contribution in [0.25, 0.3) is 5.76 Å². The summed E-state index contributed by atoms with van der Waals surface area (Å²) in [6, 6.07) is 16.7. The summed E-state index contributed by atoms with van der Waals surface area (Å²) in [4.78, 5) is 32.1. The van der Waals surface area contributed by atoms with E-state index >= 15 is 0 Å². The Hall–Kier alpha value is -3.45. The van der Waals surface area contributed by atoms with Gasteiger partial charge in [0.2, 0.25) is 0 Å². The van der Waals surface area contributed by atoms with Gasteiger partial charge in [0.1, 0.15) is 17.6 Å². The van der Waals surface area contributed by atoms with Crippen molar-refractivity contribution in [3.05, 3.63) is 93.7 Å². The Morgan fingerprint density at radius 1 is 1.10 bits per heavy atom. The monoisotopic (exact) mass is 478 g/mol. The second kappa shape index (κ2) is 8.35. The molecule has 2 heterocycles. The number of pyridine rings is 1. The number of anilines is 1. The minimum Gasteiger partial charge on any atom is -0.507 e. The van der Waals surface area contributed by atoms with Gasteiger partial charge in [0.15, 0.2) is 0 Å². The zero-order valence-electron chi connectivity index (χ0n) is 16.9. The van der Waals surface area contributed by atoms with Crippen LogP contribution < -0.4 is 9.64 Å². The number of nitrogens with zero attached hydrogens (tertiary/aromatic N) is 2.